The smallest absolute Gasteiger partial charge is 0.317 e. The van der Waals surface area contributed by atoms with Crippen LogP contribution in [0.2, 0.25) is 0 Å². The number of hydrogen-bond acceptors (Lipinski definition) is 3. The zero-order valence-corrected chi connectivity index (χ0v) is 14.7. The number of ether oxygens (including phenoxy) is 1. The first-order valence-electron chi connectivity index (χ1n) is 9.29. The second-order valence-electron chi connectivity index (χ2n) is 7.09. The molecule has 1 aromatic rings. The van der Waals surface area contributed by atoms with Crippen LogP contribution in [0.1, 0.15) is 56.9 Å². The number of methoxy groups -OCH3 is 1. The maximum absolute atomic E-state index is 12.6. The second kappa shape index (κ2) is 8.36. The number of nitrogens with zero attached hydrogens (tertiary/aromatic N) is 2. The number of pyridine rings is 1. The first kappa shape index (κ1) is 17.1. The number of rotatable bonds is 5. The summed E-state index contributed by atoms with van der Waals surface area (Å²) in [5.41, 5.74) is 1.01. The van der Waals surface area contributed by atoms with Gasteiger partial charge in [-0.15, -0.1) is 0 Å². The van der Waals surface area contributed by atoms with Gasteiger partial charge in [0.2, 0.25) is 5.88 Å². The van der Waals surface area contributed by atoms with Crippen molar-refractivity contribution in [1.29, 1.82) is 0 Å². The molecule has 132 valence electrons. The van der Waals surface area contributed by atoms with Gasteiger partial charge in [-0.25, -0.2) is 9.78 Å². The van der Waals surface area contributed by atoms with E-state index in [1.807, 2.05) is 12.1 Å². The minimum Gasteiger partial charge on any atom is -0.481 e. The quantitative estimate of drug-likeness (QED) is 0.894. The Morgan fingerprint density at radius 3 is 2.92 bits per heavy atom. The summed E-state index contributed by atoms with van der Waals surface area (Å²) in [4.78, 5) is 18.7. The van der Waals surface area contributed by atoms with Crippen LogP contribution >= 0.6 is 0 Å². The molecule has 1 aliphatic heterocycles. The maximum atomic E-state index is 12.6. The SMILES string of the molecule is COc1cc(CNC(=O)N2CCCC2CC2CCCCC2)ccn1. The molecule has 0 radical (unpaired) electrons. The van der Waals surface area contributed by atoms with Crippen LogP contribution in [-0.4, -0.2) is 35.6 Å². The van der Waals surface area contributed by atoms with E-state index in [9.17, 15) is 4.79 Å². The number of carbonyl (C=O) groups excluding carboxylic acids is 1. The van der Waals surface area contributed by atoms with E-state index in [0.717, 1.165) is 30.9 Å². The number of carbonyl (C=O) groups is 1. The number of nitrogens with one attached hydrogen (secondary N) is 1. The molecule has 5 heteroatoms. The fourth-order valence-corrected chi connectivity index (χ4v) is 4.11. The topological polar surface area (TPSA) is 54.5 Å². The second-order valence-corrected chi connectivity index (χ2v) is 7.09. The summed E-state index contributed by atoms with van der Waals surface area (Å²) in [6.07, 6.45) is 12.0. The lowest BCUT2D eigenvalue weighted by Gasteiger charge is -2.30. The van der Waals surface area contributed by atoms with Crippen LogP contribution in [0.25, 0.3) is 0 Å². The molecule has 2 fully saturated rings. The molecule has 1 atom stereocenters. The zero-order chi connectivity index (χ0) is 16.8. The average Bonchev–Trinajstić information content (AvgIpc) is 3.09. The van der Waals surface area contributed by atoms with Crippen LogP contribution in [0, 0.1) is 5.92 Å². The predicted octanol–water partition coefficient (Wildman–Crippen LogP) is 3.73. The third-order valence-electron chi connectivity index (χ3n) is 5.42. The van der Waals surface area contributed by atoms with Gasteiger partial charge in [-0.3, -0.25) is 0 Å². The Hall–Kier alpha value is -1.78. The summed E-state index contributed by atoms with van der Waals surface area (Å²) in [5, 5.41) is 3.06. The van der Waals surface area contributed by atoms with Crippen molar-refractivity contribution in [3.63, 3.8) is 0 Å². The number of aromatic nitrogens is 1. The molecule has 24 heavy (non-hydrogen) atoms. The Balaban J connectivity index is 1.51. The molecule has 2 heterocycles. The number of urea groups is 1. The van der Waals surface area contributed by atoms with Gasteiger partial charge in [0.1, 0.15) is 0 Å². The van der Waals surface area contributed by atoms with Gasteiger partial charge in [0.05, 0.1) is 7.11 Å². The fourth-order valence-electron chi connectivity index (χ4n) is 4.11. The Morgan fingerprint density at radius 1 is 1.29 bits per heavy atom. The molecule has 0 aromatic carbocycles. The van der Waals surface area contributed by atoms with Crippen LogP contribution in [0.3, 0.4) is 0 Å². The van der Waals surface area contributed by atoms with E-state index >= 15 is 0 Å². The monoisotopic (exact) mass is 331 g/mol. The molecule has 1 saturated carbocycles. The summed E-state index contributed by atoms with van der Waals surface area (Å²) in [6.45, 7) is 1.41. The first-order valence-corrected chi connectivity index (χ1v) is 9.29. The summed E-state index contributed by atoms with van der Waals surface area (Å²) in [5.74, 6) is 1.40. The normalized spacial score (nSPS) is 21.7. The number of likely N-dealkylation sites (tertiary alicyclic amines) is 1. The third kappa shape index (κ3) is 4.40. The Kier molecular flexibility index (Phi) is 5.94. The highest BCUT2D eigenvalue weighted by molar-refractivity contribution is 5.74. The molecule has 1 aliphatic carbocycles. The molecule has 1 aromatic heterocycles. The van der Waals surface area contributed by atoms with Crippen LogP contribution in [0.4, 0.5) is 4.79 Å². The third-order valence-corrected chi connectivity index (χ3v) is 5.42. The lowest BCUT2D eigenvalue weighted by atomic mass is 9.84. The van der Waals surface area contributed by atoms with Gasteiger partial charge in [-0.2, -0.15) is 0 Å². The van der Waals surface area contributed by atoms with Gasteiger partial charge in [0.15, 0.2) is 0 Å². The predicted molar refractivity (Wildman–Crippen MR) is 93.9 cm³/mol. The Bertz CT molecular complexity index is 543. The molecule has 1 saturated heterocycles. The first-order chi connectivity index (χ1) is 11.8. The van der Waals surface area contributed by atoms with Crippen LogP contribution in [0.15, 0.2) is 18.3 Å². The van der Waals surface area contributed by atoms with Gasteiger partial charge in [0.25, 0.3) is 0 Å². The fraction of sp³-hybridized carbons (Fsp3) is 0.684. The lowest BCUT2D eigenvalue weighted by molar-refractivity contribution is 0.177. The van der Waals surface area contributed by atoms with E-state index in [1.165, 1.54) is 38.5 Å². The van der Waals surface area contributed by atoms with Crippen molar-refractivity contribution in [3.05, 3.63) is 23.9 Å². The molecule has 0 bridgehead atoms. The maximum Gasteiger partial charge on any atom is 0.317 e. The summed E-state index contributed by atoms with van der Waals surface area (Å²) < 4.78 is 5.13. The van der Waals surface area contributed by atoms with E-state index in [-0.39, 0.29) is 6.03 Å². The van der Waals surface area contributed by atoms with Gasteiger partial charge in [-0.05, 0) is 36.8 Å². The highest BCUT2D eigenvalue weighted by atomic mass is 16.5. The molecular formula is C19H29N3O2. The van der Waals surface area contributed by atoms with E-state index in [4.69, 9.17) is 4.74 Å². The number of amides is 2. The lowest BCUT2D eigenvalue weighted by Crippen LogP contribution is -2.43. The molecular weight excluding hydrogens is 302 g/mol. The van der Waals surface area contributed by atoms with E-state index < -0.39 is 0 Å². The highest BCUT2D eigenvalue weighted by Crippen LogP contribution is 2.32. The van der Waals surface area contributed by atoms with E-state index in [1.54, 1.807) is 13.3 Å². The standard InChI is InChI=1S/C19H29N3O2/c1-24-18-13-16(9-10-20-18)14-21-19(23)22-11-5-8-17(22)12-15-6-3-2-4-7-15/h9-10,13,15,17H,2-8,11-12,14H2,1H3,(H,21,23). The minimum absolute atomic E-state index is 0.0732. The number of hydrogen-bond donors (Lipinski definition) is 1. The summed E-state index contributed by atoms with van der Waals surface area (Å²) in [6, 6.07) is 4.28. The van der Waals surface area contributed by atoms with Gasteiger partial charge in [-0.1, -0.05) is 32.1 Å². The minimum atomic E-state index is 0.0732. The molecule has 2 amide bonds. The molecule has 1 N–H and O–H groups in total. The van der Waals surface area contributed by atoms with Crippen LogP contribution < -0.4 is 10.1 Å². The molecule has 1 unspecified atom stereocenters. The molecule has 2 aliphatic rings. The summed E-state index contributed by atoms with van der Waals surface area (Å²) in [7, 11) is 1.60. The van der Waals surface area contributed by atoms with E-state index in [0.29, 0.717) is 18.5 Å². The van der Waals surface area contributed by atoms with E-state index in [2.05, 4.69) is 15.2 Å². The van der Waals surface area contributed by atoms with Crippen molar-refractivity contribution < 1.29 is 9.53 Å². The summed E-state index contributed by atoms with van der Waals surface area (Å²) >= 11 is 0. The van der Waals surface area contributed by atoms with Crippen molar-refractivity contribution in [2.24, 2.45) is 5.92 Å². The van der Waals surface area contributed by atoms with Crippen LogP contribution in [-0.2, 0) is 6.54 Å². The molecule has 5 nitrogen and oxygen atoms in total. The van der Waals surface area contributed by atoms with Gasteiger partial charge in [0, 0.05) is 31.4 Å². The van der Waals surface area contributed by atoms with Gasteiger partial charge >= 0.3 is 6.03 Å². The van der Waals surface area contributed by atoms with Crippen molar-refractivity contribution in [3.8, 4) is 5.88 Å². The Labute approximate surface area is 144 Å². The highest BCUT2D eigenvalue weighted by Gasteiger charge is 2.30. The average molecular weight is 331 g/mol. The molecule has 0 spiro atoms. The van der Waals surface area contributed by atoms with Crippen molar-refractivity contribution in [1.82, 2.24) is 15.2 Å². The van der Waals surface area contributed by atoms with Gasteiger partial charge < -0.3 is 15.0 Å². The largest absolute Gasteiger partial charge is 0.481 e. The van der Waals surface area contributed by atoms with Crippen LogP contribution in [0.5, 0.6) is 5.88 Å². The molecule has 3 rings (SSSR count). The Morgan fingerprint density at radius 2 is 2.12 bits per heavy atom. The van der Waals surface area contributed by atoms with Crippen molar-refractivity contribution in [2.45, 2.75) is 64.0 Å². The van der Waals surface area contributed by atoms with Crippen molar-refractivity contribution in [2.75, 3.05) is 13.7 Å². The zero-order valence-electron chi connectivity index (χ0n) is 14.7. The van der Waals surface area contributed by atoms with Crippen molar-refractivity contribution >= 4 is 6.03 Å².